The Balaban J connectivity index is 2.04. The molecule has 0 aliphatic carbocycles. The number of para-hydroxylation sites is 1. The van der Waals surface area contributed by atoms with Crippen molar-refractivity contribution in [1.29, 1.82) is 0 Å². The number of rotatable bonds is 3. The van der Waals surface area contributed by atoms with Crippen LogP contribution < -0.4 is 5.32 Å². The number of aromatic nitrogens is 2. The molecule has 0 unspecified atom stereocenters. The molecule has 0 saturated carbocycles. The second kappa shape index (κ2) is 7.85. The Morgan fingerprint density at radius 2 is 1.87 bits per heavy atom. The first-order valence-corrected chi connectivity index (χ1v) is 10.7. The molecule has 0 saturated heterocycles. The smallest absolute Gasteiger partial charge is 0.414 e. The van der Waals surface area contributed by atoms with Gasteiger partial charge in [-0.2, -0.15) is 0 Å². The van der Waals surface area contributed by atoms with Crippen LogP contribution >= 0.6 is 15.9 Å². The van der Waals surface area contributed by atoms with Crippen LogP contribution in [0.1, 0.15) is 36.8 Å². The molecule has 8 heteroatoms. The average molecular weight is 483 g/mol. The third-order valence-corrected chi connectivity index (χ3v) is 5.68. The van der Waals surface area contributed by atoms with Crippen LogP contribution in [0.4, 0.5) is 16.2 Å². The van der Waals surface area contributed by atoms with Crippen molar-refractivity contribution in [3.05, 3.63) is 64.4 Å². The molecule has 160 valence electrons. The van der Waals surface area contributed by atoms with E-state index in [2.05, 4.69) is 51.6 Å². The Bertz CT molecular complexity index is 1150. The predicted molar refractivity (Wildman–Crippen MR) is 123 cm³/mol. The number of anilines is 2. The van der Waals surface area contributed by atoms with Crippen molar-refractivity contribution in [1.82, 2.24) is 14.5 Å². The maximum atomic E-state index is 13.3. The van der Waals surface area contributed by atoms with E-state index in [1.54, 1.807) is 6.20 Å². The van der Waals surface area contributed by atoms with Gasteiger partial charge in [0.05, 0.1) is 22.6 Å². The topological polar surface area (TPSA) is 87.5 Å². The molecule has 0 spiro atoms. The number of carbonyl (C=O) groups excluding carboxylic acids is 1. The Labute approximate surface area is 188 Å². The van der Waals surface area contributed by atoms with Gasteiger partial charge in [-0.3, -0.25) is 9.78 Å². The second-order valence-corrected chi connectivity index (χ2v) is 9.31. The van der Waals surface area contributed by atoms with Gasteiger partial charge in [0.1, 0.15) is 0 Å². The van der Waals surface area contributed by atoms with Gasteiger partial charge in [0.15, 0.2) is 0 Å². The van der Waals surface area contributed by atoms with E-state index < -0.39 is 12.0 Å². The van der Waals surface area contributed by atoms with Gasteiger partial charge in [-0.15, -0.1) is 0 Å². The van der Waals surface area contributed by atoms with Gasteiger partial charge in [0, 0.05) is 40.6 Å². The van der Waals surface area contributed by atoms with E-state index in [4.69, 9.17) is 0 Å². The normalized spacial score (nSPS) is 13.8. The lowest BCUT2D eigenvalue weighted by molar-refractivity contribution is 0.0725. The van der Waals surface area contributed by atoms with E-state index in [1.807, 2.05) is 42.5 Å². The number of fused-ring (bicyclic) bond motifs is 1. The molecule has 2 amide bonds. The monoisotopic (exact) mass is 482 g/mol. The van der Waals surface area contributed by atoms with Crippen LogP contribution in [-0.4, -0.2) is 38.1 Å². The molecular formula is C23H23BrN4O3. The molecule has 1 aliphatic heterocycles. The number of pyridine rings is 1. The minimum Gasteiger partial charge on any atom is -0.465 e. The SMILES string of the molecule is CC(C)(C)n1c2c(c(Nc3ccccc3)c1-c1ccc(Br)cn1)C(=O)N(C(=O)O)CC2. The zero-order chi connectivity index (χ0) is 22.3. The predicted octanol–water partition coefficient (Wildman–Crippen LogP) is 5.49. The van der Waals surface area contributed by atoms with Crippen LogP contribution in [0.25, 0.3) is 11.4 Å². The number of carboxylic acid groups (broad SMARTS) is 1. The van der Waals surface area contributed by atoms with E-state index in [9.17, 15) is 14.7 Å². The first-order valence-electron chi connectivity index (χ1n) is 9.95. The van der Waals surface area contributed by atoms with Crippen LogP contribution in [0.3, 0.4) is 0 Å². The third-order valence-electron chi connectivity index (χ3n) is 5.21. The Morgan fingerprint density at radius 3 is 2.45 bits per heavy atom. The Hall–Kier alpha value is -3.13. The minimum atomic E-state index is -1.24. The second-order valence-electron chi connectivity index (χ2n) is 8.39. The van der Waals surface area contributed by atoms with Gasteiger partial charge in [-0.25, -0.2) is 9.69 Å². The molecule has 2 aromatic heterocycles. The highest BCUT2D eigenvalue weighted by Crippen LogP contribution is 2.43. The Kier molecular flexibility index (Phi) is 5.35. The zero-order valence-corrected chi connectivity index (χ0v) is 19.1. The molecule has 1 aromatic carbocycles. The molecule has 7 nitrogen and oxygen atoms in total. The van der Waals surface area contributed by atoms with Crippen LogP contribution in [0, 0.1) is 0 Å². The van der Waals surface area contributed by atoms with Crippen molar-refractivity contribution in [2.24, 2.45) is 0 Å². The van der Waals surface area contributed by atoms with Gasteiger partial charge >= 0.3 is 6.09 Å². The summed E-state index contributed by atoms with van der Waals surface area (Å²) in [5.74, 6) is -0.520. The summed E-state index contributed by atoms with van der Waals surface area (Å²) in [5, 5.41) is 12.9. The highest BCUT2D eigenvalue weighted by Gasteiger charge is 2.39. The van der Waals surface area contributed by atoms with Crippen molar-refractivity contribution < 1.29 is 14.7 Å². The van der Waals surface area contributed by atoms with Gasteiger partial charge in [0.25, 0.3) is 5.91 Å². The molecule has 1 aliphatic rings. The summed E-state index contributed by atoms with van der Waals surface area (Å²) in [4.78, 5) is 30.5. The number of hydrogen-bond acceptors (Lipinski definition) is 4. The van der Waals surface area contributed by atoms with Crippen molar-refractivity contribution in [3.63, 3.8) is 0 Å². The van der Waals surface area contributed by atoms with Crippen molar-refractivity contribution >= 4 is 39.3 Å². The maximum Gasteiger partial charge on any atom is 0.414 e. The molecule has 0 radical (unpaired) electrons. The van der Waals surface area contributed by atoms with Crippen LogP contribution in [0.5, 0.6) is 0 Å². The fourth-order valence-corrected chi connectivity index (χ4v) is 4.25. The number of amides is 2. The summed E-state index contributed by atoms with van der Waals surface area (Å²) < 4.78 is 2.96. The van der Waals surface area contributed by atoms with Crippen LogP contribution in [0.2, 0.25) is 0 Å². The third kappa shape index (κ3) is 3.83. The number of benzene rings is 1. The van der Waals surface area contributed by atoms with Gasteiger partial charge in [-0.1, -0.05) is 18.2 Å². The molecule has 3 heterocycles. The van der Waals surface area contributed by atoms with E-state index in [1.165, 1.54) is 0 Å². The van der Waals surface area contributed by atoms with Crippen molar-refractivity contribution in [2.75, 3.05) is 11.9 Å². The van der Waals surface area contributed by atoms with Gasteiger partial charge in [0.2, 0.25) is 0 Å². The molecule has 0 fully saturated rings. The first kappa shape index (κ1) is 21.1. The fraction of sp³-hybridized carbons (Fsp3) is 0.261. The average Bonchev–Trinajstić information content (AvgIpc) is 3.04. The quantitative estimate of drug-likeness (QED) is 0.515. The number of imide groups is 1. The van der Waals surface area contributed by atoms with Crippen LogP contribution in [-0.2, 0) is 12.0 Å². The maximum absolute atomic E-state index is 13.3. The summed E-state index contributed by atoms with van der Waals surface area (Å²) in [7, 11) is 0. The number of halogens is 1. The fourth-order valence-electron chi connectivity index (χ4n) is 4.01. The van der Waals surface area contributed by atoms with E-state index in [0.29, 0.717) is 23.4 Å². The zero-order valence-electron chi connectivity index (χ0n) is 17.5. The van der Waals surface area contributed by atoms with Crippen molar-refractivity contribution in [2.45, 2.75) is 32.7 Å². The molecule has 3 aromatic rings. The first-order chi connectivity index (χ1) is 14.7. The van der Waals surface area contributed by atoms with E-state index in [0.717, 1.165) is 26.4 Å². The minimum absolute atomic E-state index is 0.124. The molecule has 2 N–H and O–H groups in total. The van der Waals surface area contributed by atoms with E-state index in [-0.39, 0.29) is 12.1 Å². The van der Waals surface area contributed by atoms with Gasteiger partial charge in [-0.05, 0) is 61.0 Å². The Morgan fingerprint density at radius 1 is 1.16 bits per heavy atom. The molecule has 0 bridgehead atoms. The van der Waals surface area contributed by atoms with Crippen molar-refractivity contribution in [3.8, 4) is 11.4 Å². The molecule has 4 rings (SSSR count). The van der Waals surface area contributed by atoms with Gasteiger partial charge < -0.3 is 15.0 Å². The highest BCUT2D eigenvalue weighted by molar-refractivity contribution is 9.10. The molecular weight excluding hydrogens is 460 g/mol. The summed E-state index contributed by atoms with van der Waals surface area (Å²) in [6.45, 7) is 6.32. The number of nitrogens with zero attached hydrogens (tertiary/aromatic N) is 3. The van der Waals surface area contributed by atoms with Crippen LogP contribution in [0.15, 0.2) is 53.1 Å². The lowest BCUT2D eigenvalue weighted by Crippen LogP contribution is -2.42. The highest BCUT2D eigenvalue weighted by atomic mass is 79.9. The standard InChI is InChI=1S/C23H23BrN4O3/c1-23(2,3)28-17-11-12-27(22(30)31)21(29)18(17)19(26-15-7-5-4-6-8-15)20(28)16-10-9-14(24)13-25-16/h4-10,13,26H,11-12H2,1-3H3,(H,30,31). The summed E-state index contributed by atoms with van der Waals surface area (Å²) in [6, 6.07) is 13.3. The summed E-state index contributed by atoms with van der Waals surface area (Å²) >= 11 is 3.43. The molecule has 0 atom stereocenters. The lowest BCUT2D eigenvalue weighted by Gasteiger charge is -2.30. The summed E-state index contributed by atoms with van der Waals surface area (Å²) in [5.41, 5.74) is 3.66. The lowest BCUT2D eigenvalue weighted by atomic mass is 10.0. The number of hydrogen-bond donors (Lipinski definition) is 2. The largest absolute Gasteiger partial charge is 0.465 e. The number of nitrogens with one attached hydrogen (secondary N) is 1. The van der Waals surface area contributed by atoms with E-state index >= 15 is 0 Å². The molecule has 31 heavy (non-hydrogen) atoms. The summed E-state index contributed by atoms with van der Waals surface area (Å²) in [6.07, 6.45) is 0.907. The number of carbonyl (C=O) groups is 2.